The molecular weight excluding hydrogens is 292 g/mol. The first-order chi connectivity index (χ1) is 10.8. The molecule has 1 saturated carbocycles. The van der Waals surface area contributed by atoms with Gasteiger partial charge in [-0.15, -0.1) is 11.3 Å². The van der Waals surface area contributed by atoms with Gasteiger partial charge in [-0.3, -0.25) is 4.79 Å². The van der Waals surface area contributed by atoms with Crippen molar-refractivity contribution in [2.24, 2.45) is 5.92 Å². The molecule has 22 heavy (non-hydrogen) atoms. The smallest absolute Gasteiger partial charge is 0.253 e. The van der Waals surface area contributed by atoms with E-state index in [4.69, 9.17) is 0 Å². The minimum atomic E-state index is 0.189. The standard InChI is InChI=1S/C18H22N2OS/c21-18(15-3-4-17-14(11-15)7-10-22-17)20-8-5-16(6-9-20)19-12-13-1-2-13/h3-4,7,10-11,13,16,19H,1-2,5-6,8-9,12H2. The van der Waals surface area contributed by atoms with Crippen LogP contribution in [0.15, 0.2) is 29.6 Å². The average molecular weight is 314 g/mol. The summed E-state index contributed by atoms with van der Waals surface area (Å²) in [7, 11) is 0. The van der Waals surface area contributed by atoms with Gasteiger partial charge in [-0.1, -0.05) is 0 Å². The number of likely N-dealkylation sites (tertiary alicyclic amines) is 1. The molecule has 4 heteroatoms. The summed E-state index contributed by atoms with van der Waals surface area (Å²) in [5.41, 5.74) is 0.829. The highest BCUT2D eigenvalue weighted by molar-refractivity contribution is 7.17. The molecule has 116 valence electrons. The van der Waals surface area contributed by atoms with E-state index in [1.54, 1.807) is 11.3 Å². The topological polar surface area (TPSA) is 32.3 Å². The first-order valence-electron chi connectivity index (χ1n) is 8.29. The van der Waals surface area contributed by atoms with Crippen LogP contribution in [0.4, 0.5) is 0 Å². The number of benzene rings is 1. The van der Waals surface area contributed by atoms with Crippen molar-refractivity contribution in [1.29, 1.82) is 0 Å². The van der Waals surface area contributed by atoms with Crippen LogP contribution in [0.2, 0.25) is 0 Å². The van der Waals surface area contributed by atoms with Gasteiger partial charge in [0, 0.05) is 29.4 Å². The molecule has 3 nitrogen and oxygen atoms in total. The molecule has 0 bridgehead atoms. The fourth-order valence-electron chi connectivity index (χ4n) is 3.22. The van der Waals surface area contributed by atoms with Crippen LogP contribution in [0.3, 0.4) is 0 Å². The molecule has 2 aromatic rings. The Labute approximate surface area is 135 Å². The van der Waals surface area contributed by atoms with E-state index in [2.05, 4.69) is 22.8 Å². The van der Waals surface area contributed by atoms with Crippen molar-refractivity contribution in [2.45, 2.75) is 31.7 Å². The number of fused-ring (bicyclic) bond motifs is 1. The van der Waals surface area contributed by atoms with Gasteiger partial charge in [-0.25, -0.2) is 0 Å². The van der Waals surface area contributed by atoms with Crippen LogP contribution in [0, 0.1) is 5.92 Å². The summed E-state index contributed by atoms with van der Waals surface area (Å²) in [5, 5.41) is 6.92. The van der Waals surface area contributed by atoms with E-state index in [1.165, 1.54) is 29.5 Å². The molecule has 1 saturated heterocycles. The zero-order valence-corrected chi connectivity index (χ0v) is 13.6. The second kappa shape index (κ2) is 6.01. The maximum absolute atomic E-state index is 12.7. The highest BCUT2D eigenvalue weighted by Gasteiger charge is 2.26. The number of hydrogen-bond acceptors (Lipinski definition) is 3. The lowest BCUT2D eigenvalue weighted by atomic mass is 10.0. The Bertz CT molecular complexity index is 669. The number of rotatable bonds is 4. The largest absolute Gasteiger partial charge is 0.339 e. The summed E-state index contributed by atoms with van der Waals surface area (Å²) in [6, 6.07) is 8.76. The molecule has 1 aromatic heterocycles. The molecule has 2 heterocycles. The van der Waals surface area contributed by atoms with Crippen molar-refractivity contribution in [3.05, 3.63) is 35.2 Å². The van der Waals surface area contributed by atoms with E-state index in [0.717, 1.165) is 37.4 Å². The summed E-state index contributed by atoms with van der Waals surface area (Å²) in [4.78, 5) is 14.7. The maximum atomic E-state index is 12.7. The number of piperidine rings is 1. The molecule has 0 unspecified atom stereocenters. The lowest BCUT2D eigenvalue weighted by Crippen LogP contribution is -2.45. The van der Waals surface area contributed by atoms with Crippen molar-refractivity contribution in [3.63, 3.8) is 0 Å². The van der Waals surface area contributed by atoms with Gasteiger partial charge in [0.2, 0.25) is 0 Å². The first-order valence-corrected chi connectivity index (χ1v) is 9.17. The monoisotopic (exact) mass is 314 g/mol. The Morgan fingerprint density at radius 2 is 2.00 bits per heavy atom. The molecule has 0 radical (unpaired) electrons. The van der Waals surface area contributed by atoms with E-state index >= 15 is 0 Å². The van der Waals surface area contributed by atoms with Crippen molar-refractivity contribution >= 4 is 27.3 Å². The number of thiophene rings is 1. The van der Waals surface area contributed by atoms with E-state index in [-0.39, 0.29) is 5.91 Å². The Morgan fingerprint density at radius 3 is 2.77 bits per heavy atom. The number of carbonyl (C=O) groups is 1. The van der Waals surface area contributed by atoms with Gasteiger partial charge in [0.1, 0.15) is 0 Å². The van der Waals surface area contributed by atoms with Crippen molar-refractivity contribution < 1.29 is 4.79 Å². The fourth-order valence-corrected chi connectivity index (χ4v) is 4.00. The van der Waals surface area contributed by atoms with Gasteiger partial charge in [0.25, 0.3) is 5.91 Å². The molecule has 2 aliphatic rings. The number of hydrogen-bond donors (Lipinski definition) is 1. The van der Waals surface area contributed by atoms with Crippen molar-refractivity contribution in [2.75, 3.05) is 19.6 Å². The normalized spacial score (nSPS) is 19.7. The zero-order valence-electron chi connectivity index (χ0n) is 12.8. The van der Waals surface area contributed by atoms with Gasteiger partial charge < -0.3 is 10.2 Å². The van der Waals surface area contributed by atoms with E-state index in [0.29, 0.717) is 6.04 Å². The third kappa shape index (κ3) is 3.03. The van der Waals surface area contributed by atoms with Crippen LogP contribution in [-0.4, -0.2) is 36.5 Å². The Hall–Kier alpha value is -1.39. The number of carbonyl (C=O) groups excluding carboxylic acids is 1. The molecular formula is C18H22N2OS. The van der Waals surface area contributed by atoms with E-state index in [1.807, 2.05) is 17.0 Å². The molecule has 2 fully saturated rings. The molecule has 0 atom stereocenters. The van der Waals surface area contributed by atoms with Crippen molar-refractivity contribution in [3.8, 4) is 0 Å². The van der Waals surface area contributed by atoms with Gasteiger partial charge in [0.15, 0.2) is 0 Å². The van der Waals surface area contributed by atoms with Crippen LogP contribution in [0.5, 0.6) is 0 Å². The zero-order chi connectivity index (χ0) is 14.9. The SMILES string of the molecule is O=C(c1ccc2sccc2c1)N1CCC(NCC2CC2)CC1. The minimum absolute atomic E-state index is 0.189. The predicted octanol–water partition coefficient (Wildman–Crippen LogP) is 3.51. The molecule has 1 aromatic carbocycles. The summed E-state index contributed by atoms with van der Waals surface area (Å²) in [5.74, 6) is 1.12. The van der Waals surface area contributed by atoms with Crippen LogP contribution < -0.4 is 5.32 Å². The average Bonchev–Trinajstić information content (AvgIpc) is 3.27. The van der Waals surface area contributed by atoms with E-state index < -0.39 is 0 Å². The highest BCUT2D eigenvalue weighted by atomic mass is 32.1. The van der Waals surface area contributed by atoms with Gasteiger partial charge in [-0.2, -0.15) is 0 Å². The Balaban J connectivity index is 1.36. The molecule has 1 aliphatic carbocycles. The van der Waals surface area contributed by atoms with Crippen LogP contribution in [-0.2, 0) is 0 Å². The van der Waals surface area contributed by atoms with Crippen molar-refractivity contribution in [1.82, 2.24) is 10.2 Å². The summed E-state index contributed by atoms with van der Waals surface area (Å²) >= 11 is 1.72. The molecule has 1 N–H and O–H groups in total. The third-order valence-electron chi connectivity index (χ3n) is 4.87. The van der Waals surface area contributed by atoms with Gasteiger partial charge in [0.05, 0.1) is 0 Å². The van der Waals surface area contributed by atoms with E-state index in [9.17, 15) is 4.79 Å². The number of nitrogens with one attached hydrogen (secondary N) is 1. The lowest BCUT2D eigenvalue weighted by molar-refractivity contribution is 0.0705. The van der Waals surface area contributed by atoms with Crippen LogP contribution >= 0.6 is 11.3 Å². The summed E-state index contributed by atoms with van der Waals surface area (Å²) in [6.45, 7) is 2.93. The molecule has 1 aliphatic heterocycles. The number of nitrogens with zero attached hydrogens (tertiary/aromatic N) is 1. The second-order valence-corrected chi connectivity index (χ2v) is 7.54. The maximum Gasteiger partial charge on any atom is 0.253 e. The quantitative estimate of drug-likeness (QED) is 0.936. The highest BCUT2D eigenvalue weighted by Crippen LogP contribution is 2.28. The second-order valence-electron chi connectivity index (χ2n) is 6.59. The summed E-state index contributed by atoms with van der Waals surface area (Å²) < 4.78 is 1.25. The molecule has 4 rings (SSSR count). The minimum Gasteiger partial charge on any atom is -0.339 e. The fraction of sp³-hybridized carbons (Fsp3) is 0.500. The van der Waals surface area contributed by atoms with Gasteiger partial charge in [-0.05, 0) is 73.2 Å². The lowest BCUT2D eigenvalue weighted by Gasteiger charge is -2.32. The van der Waals surface area contributed by atoms with Crippen LogP contribution in [0.1, 0.15) is 36.0 Å². The Morgan fingerprint density at radius 1 is 1.18 bits per heavy atom. The summed E-state index contributed by atoms with van der Waals surface area (Å²) in [6.07, 6.45) is 4.96. The third-order valence-corrected chi connectivity index (χ3v) is 5.77. The Kier molecular flexibility index (Phi) is 3.89. The van der Waals surface area contributed by atoms with Gasteiger partial charge >= 0.3 is 0 Å². The first kappa shape index (κ1) is 14.2. The molecule has 0 spiro atoms. The van der Waals surface area contributed by atoms with Crippen LogP contribution in [0.25, 0.3) is 10.1 Å². The number of amides is 1. The predicted molar refractivity (Wildman–Crippen MR) is 91.5 cm³/mol. The molecule has 1 amide bonds.